The van der Waals surface area contributed by atoms with Crippen LogP contribution in [0.25, 0.3) is 0 Å². The normalized spacial score (nSPS) is 10.4. The fourth-order valence-electron chi connectivity index (χ4n) is 0.981. The fourth-order valence-corrected chi connectivity index (χ4v) is 2.75. The molecule has 0 unspecified atom stereocenters. The molecule has 0 aliphatic carbocycles. The molecule has 1 rings (SSSR count). The zero-order chi connectivity index (χ0) is 10.2. The van der Waals surface area contributed by atoms with Crippen molar-refractivity contribution in [2.24, 2.45) is 0 Å². The van der Waals surface area contributed by atoms with Crippen LogP contribution < -0.4 is 0 Å². The van der Waals surface area contributed by atoms with E-state index in [-0.39, 0.29) is 6.61 Å². The van der Waals surface area contributed by atoms with Gasteiger partial charge in [0.1, 0.15) is 0 Å². The van der Waals surface area contributed by atoms with Crippen molar-refractivity contribution in [1.82, 2.24) is 0 Å². The van der Waals surface area contributed by atoms with Gasteiger partial charge in [0.15, 0.2) is 0 Å². The van der Waals surface area contributed by atoms with E-state index in [1.165, 1.54) is 9.79 Å². The van der Waals surface area contributed by atoms with Crippen LogP contribution >= 0.6 is 36.2 Å². The van der Waals surface area contributed by atoms with Crippen molar-refractivity contribution in [1.29, 1.82) is 0 Å². The molecule has 1 aromatic carbocycles. The first-order chi connectivity index (χ1) is 6.86. The quantitative estimate of drug-likeness (QED) is 0.595. The largest absolute Gasteiger partial charge is 0.396 e. The van der Waals surface area contributed by atoms with Crippen molar-refractivity contribution in [3.8, 4) is 0 Å². The fraction of sp³-hybridized carbons (Fsp3) is 0.400. The zero-order valence-corrected chi connectivity index (χ0v) is 10.4. The molecule has 0 saturated heterocycles. The van der Waals surface area contributed by atoms with Crippen molar-refractivity contribution in [2.45, 2.75) is 9.79 Å². The van der Waals surface area contributed by atoms with Crippen LogP contribution in [0, 0.1) is 0 Å². The molecule has 0 fully saturated rings. The van der Waals surface area contributed by atoms with Gasteiger partial charge >= 0.3 is 0 Å². The maximum Gasteiger partial charge on any atom is 0.0525 e. The second-order valence-electron chi connectivity index (χ2n) is 2.62. The van der Waals surface area contributed by atoms with Crippen molar-refractivity contribution in [3.05, 3.63) is 24.3 Å². The molecule has 0 spiro atoms. The predicted molar refractivity (Wildman–Crippen MR) is 68.8 cm³/mol. The number of thioether (sulfide) groups is 2. The zero-order valence-electron chi connectivity index (χ0n) is 7.85. The van der Waals surface area contributed by atoms with Crippen molar-refractivity contribution < 1.29 is 5.11 Å². The highest BCUT2D eigenvalue weighted by molar-refractivity contribution is 8.00. The Balaban J connectivity index is 2.50. The molecule has 0 radical (unpaired) electrons. The number of thiol groups is 1. The summed E-state index contributed by atoms with van der Waals surface area (Å²) < 4.78 is 0. The smallest absolute Gasteiger partial charge is 0.0525 e. The minimum Gasteiger partial charge on any atom is -0.396 e. The number of hydrogen-bond acceptors (Lipinski definition) is 4. The molecule has 1 N–H and O–H groups in total. The average molecular weight is 246 g/mol. The van der Waals surface area contributed by atoms with Crippen LogP contribution in [0.1, 0.15) is 0 Å². The number of benzene rings is 1. The molecule has 0 aliphatic heterocycles. The summed E-state index contributed by atoms with van der Waals surface area (Å²) in [6.45, 7) is 0.235. The highest BCUT2D eigenvalue weighted by Gasteiger charge is 1.96. The van der Waals surface area contributed by atoms with Gasteiger partial charge in [-0.25, -0.2) is 0 Å². The molecule has 4 heteroatoms. The Labute approximate surface area is 99.1 Å². The average Bonchev–Trinajstić information content (AvgIpc) is 2.24. The second kappa shape index (κ2) is 7.51. The monoisotopic (exact) mass is 246 g/mol. The first-order valence-electron chi connectivity index (χ1n) is 4.44. The van der Waals surface area contributed by atoms with Gasteiger partial charge < -0.3 is 5.11 Å². The predicted octanol–water partition coefficient (Wildman–Crippen LogP) is 2.79. The number of aliphatic hydroxyl groups excluding tert-OH is 1. The lowest BCUT2D eigenvalue weighted by Crippen LogP contribution is -1.86. The number of hydrogen-bond donors (Lipinski definition) is 2. The molecule has 1 aromatic rings. The molecular formula is C10H14OS3. The van der Waals surface area contributed by atoms with Crippen molar-refractivity contribution >= 4 is 36.2 Å². The summed E-state index contributed by atoms with van der Waals surface area (Å²) in [5.74, 6) is 2.70. The van der Waals surface area contributed by atoms with Crippen LogP contribution in [0.3, 0.4) is 0 Å². The third-order valence-electron chi connectivity index (χ3n) is 1.53. The van der Waals surface area contributed by atoms with Gasteiger partial charge in [0.2, 0.25) is 0 Å². The second-order valence-corrected chi connectivity index (χ2v) is 5.40. The van der Waals surface area contributed by atoms with Gasteiger partial charge in [0.25, 0.3) is 0 Å². The molecule has 0 heterocycles. The highest BCUT2D eigenvalue weighted by Crippen LogP contribution is 2.24. The summed E-state index contributed by atoms with van der Waals surface area (Å²) in [6.07, 6.45) is 0. The molecule has 0 saturated carbocycles. The van der Waals surface area contributed by atoms with E-state index >= 15 is 0 Å². The van der Waals surface area contributed by atoms with Gasteiger partial charge in [0, 0.05) is 21.3 Å². The number of aliphatic hydroxyl groups is 1. The maximum absolute atomic E-state index is 8.70. The Morgan fingerprint density at radius 2 is 1.79 bits per heavy atom. The topological polar surface area (TPSA) is 20.2 Å². The van der Waals surface area contributed by atoms with Gasteiger partial charge in [-0.2, -0.15) is 12.6 Å². The molecule has 78 valence electrons. The van der Waals surface area contributed by atoms with Crippen LogP contribution in [0.4, 0.5) is 0 Å². The summed E-state index contributed by atoms with van der Waals surface area (Å²) >= 11 is 7.68. The van der Waals surface area contributed by atoms with E-state index in [9.17, 15) is 0 Å². The van der Waals surface area contributed by atoms with E-state index in [1.807, 2.05) is 11.8 Å². The minimum absolute atomic E-state index is 0.235. The Kier molecular flexibility index (Phi) is 6.60. The standard InChI is InChI=1S/C10H14OS3/c11-4-6-13-9-2-1-3-10(8-9)14-7-5-12/h1-3,8,11-12H,4-7H2. The summed E-state index contributed by atoms with van der Waals surface area (Å²) in [6, 6.07) is 8.40. The van der Waals surface area contributed by atoms with Crippen LogP contribution in [0.2, 0.25) is 0 Å². The van der Waals surface area contributed by atoms with Crippen LogP contribution in [-0.2, 0) is 0 Å². The summed E-state index contributed by atoms with van der Waals surface area (Å²) in [7, 11) is 0. The molecule has 1 nitrogen and oxygen atoms in total. The first-order valence-corrected chi connectivity index (χ1v) is 7.04. The molecular weight excluding hydrogens is 232 g/mol. The molecule has 0 aromatic heterocycles. The Morgan fingerprint density at radius 3 is 2.36 bits per heavy atom. The lowest BCUT2D eigenvalue weighted by molar-refractivity contribution is 0.322. The summed E-state index contributed by atoms with van der Waals surface area (Å²) in [5, 5.41) is 8.70. The molecule has 0 amide bonds. The van der Waals surface area contributed by atoms with Gasteiger partial charge in [-0.05, 0) is 24.0 Å². The van der Waals surface area contributed by atoms with E-state index in [0.29, 0.717) is 0 Å². The molecule has 0 aliphatic rings. The van der Waals surface area contributed by atoms with Crippen LogP contribution in [0.5, 0.6) is 0 Å². The maximum atomic E-state index is 8.70. The van der Waals surface area contributed by atoms with Crippen molar-refractivity contribution in [3.63, 3.8) is 0 Å². The Hall–Kier alpha value is 0.230. The van der Waals surface area contributed by atoms with E-state index in [2.05, 4.69) is 36.9 Å². The number of rotatable bonds is 6. The van der Waals surface area contributed by atoms with Gasteiger partial charge in [-0.3, -0.25) is 0 Å². The lowest BCUT2D eigenvalue weighted by Gasteiger charge is -2.03. The van der Waals surface area contributed by atoms with E-state index < -0.39 is 0 Å². The van der Waals surface area contributed by atoms with E-state index in [0.717, 1.165) is 17.3 Å². The molecule has 14 heavy (non-hydrogen) atoms. The van der Waals surface area contributed by atoms with Gasteiger partial charge in [0.05, 0.1) is 6.61 Å². The highest BCUT2D eigenvalue weighted by atomic mass is 32.2. The molecule has 0 atom stereocenters. The van der Waals surface area contributed by atoms with E-state index in [1.54, 1.807) is 11.8 Å². The van der Waals surface area contributed by atoms with Gasteiger partial charge in [-0.1, -0.05) is 6.07 Å². The van der Waals surface area contributed by atoms with Gasteiger partial charge in [-0.15, -0.1) is 23.5 Å². The lowest BCUT2D eigenvalue weighted by atomic mass is 10.4. The van der Waals surface area contributed by atoms with Crippen molar-refractivity contribution in [2.75, 3.05) is 23.9 Å². The summed E-state index contributed by atoms with van der Waals surface area (Å²) in [5.41, 5.74) is 0. The SMILES string of the molecule is OCCSc1cccc(SCCS)c1. The van der Waals surface area contributed by atoms with Crippen LogP contribution in [-0.4, -0.2) is 29.0 Å². The summed E-state index contributed by atoms with van der Waals surface area (Å²) in [4.78, 5) is 2.50. The first kappa shape index (κ1) is 12.3. The third kappa shape index (κ3) is 4.64. The Morgan fingerprint density at radius 1 is 1.14 bits per heavy atom. The van der Waals surface area contributed by atoms with Crippen LogP contribution in [0.15, 0.2) is 34.1 Å². The molecule has 0 bridgehead atoms. The van der Waals surface area contributed by atoms with E-state index in [4.69, 9.17) is 5.11 Å². The minimum atomic E-state index is 0.235. The Bertz CT molecular complexity index is 242. The third-order valence-corrected chi connectivity index (χ3v) is 4.02.